The van der Waals surface area contributed by atoms with Crippen LogP contribution in [0.1, 0.15) is 18.9 Å². The number of aromatic hydroxyl groups is 1. The Morgan fingerprint density at radius 1 is 0.955 bits per heavy atom. The molecule has 2 aromatic rings. The molecule has 0 saturated heterocycles. The second kappa shape index (κ2) is 9.11. The van der Waals surface area contributed by atoms with Crippen LogP contribution in [0.5, 0.6) is 5.75 Å². The van der Waals surface area contributed by atoms with Crippen LogP contribution < -0.4 is 5.32 Å². The molecule has 0 fully saturated rings. The van der Waals surface area contributed by atoms with Gasteiger partial charge < -0.3 is 15.3 Å². The number of nitrogens with zero attached hydrogens (tertiary/aromatic N) is 1. The Morgan fingerprint density at radius 3 is 2.50 bits per heavy atom. The number of benzene rings is 2. The van der Waals surface area contributed by atoms with Crippen molar-refractivity contribution in [1.82, 2.24) is 4.90 Å². The molecule has 3 nitrogen and oxygen atoms in total. The number of phenolic OH excluding ortho intramolecular Hbond substituents is 1. The lowest BCUT2D eigenvalue weighted by Gasteiger charge is -2.22. The van der Waals surface area contributed by atoms with E-state index in [4.69, 9.17) is 0 Å². The van der Waals surface area contributed by atoms with Crippen LogP contribution in [0.4, 0.5) is 5.69 Å². The third-order valence-corrected chi connectivity index (χ3v) is 3.70. The molecule has 0 radical (unpaired) electrons. The van der Waals surface area contributed by atoms with Crippen LogP contribution in [0, 0.1) is 0 Å². The van der Waals surface area contributed by atoms with Crippen molar-refractivity contribution in [2.45, 2.75) is 19.8 Å². The summed E-state index contributed by atoms with van der Waals surface area (Å²) in [6.07, 6.45) is 2.13. The van der Waals surface area contributed by atoms with Crippen LogP contribution >= 0.6 is 0 Å². The van der Waals surface area contributed by atoms with E-state index in [2.05, 4.69) is 35.3 Å². The van der Waals surface area contributed by atoms with Crippen molar-refractivity contribution in [3.63, 3.8) is 0 Å². The largest absolute Gasteiger partial charge is 0.508 e. The minimum Gasteiger partial charge on any atom is -0.508 e. The molecule has 0 aliphatic carbocycles. The highest BCUT2D eigenvalue weighted by Gasteiger charge is 2.04. The Balaban J connectivity index is 1.77. The van der Waals surface area contributed by atoms with Crippen LogP contribution in [-0.4, -0.2) is 36.2 Å². The summed E-state index contributed by atoms with van der Waals surface area (Å²) < 4.78 is 0. The molecule has 0 saturated carbocycles. The monoisotopic (exact) mass is 298 g/mol. The predicted molar refractivity (Wildman–Crippen MR) is 93.5 cm³/mol. The molecule has 0 heterocycles. The maximum absolute atomic E-state index is 9.53. The second-order valence-electron chi connectivity index (χ2n) is 5.55. The van der Waals surface area contributed by atoms with Crippen molar-refractivity contribution in [3.05, 3.63) is 60.2 Å². The fraction of sp³-hybridized carbons (Fsp3) is 0.368. The number of hydrogen-bond donors (Lipinski definition) is 2. The Kier molecular flexibility index (Phi) is 6.78. The first-order valence-corrected chi connectivity index (χ1v) is 8.07. The molecule has 22 heavy (non-hydrogen) atoms. The zero-order chi connectivity index (χ0) is 15.6. The van der Waals surface area contributed by atoms with E-state index in [1.54, 1.807) is 6.07 Å². The highest BCUT2D eigenvalue weighted by molar-refractivity contribution is 5.42. The molecule has 0 amide bonds. The Labute approximate surface area is 133 Å². The summed E-state index contributed by atoms with van der Waals surface area (Å²) >= 11 is 0. The van der Waals surface area contributed by atoms with Crippen LogP contribution in [0.25, 0.3) is 0 Å². The maximum atomic E-state index is 9.53. The van der Waals surface area contributed by atoms with Gasteiger partial charge in [-0.25, -0.2) is 0 Å². The summed E-state index contributed by atoms with van der Waals surface area (Å²) in [5.41, 5.74) is 2.36. The Morgan fingerprint density at radius 2 is 1.77 bits per heavy atom. The van der Waals surface area contributed by atoms with Crippen LogP contribution in [0.2, 0.25) is 0 Å². The van der Waals surface area contributed by atoms with Crippen LogP contribution in [-0.2, 0) is 6.42 Å². The SMILES string of the molecule is CCCN(CCNc1ccccc1)CCc1cccc(O)c1. The zero-order valence-electron chi connectivity index (χ0n) is 13.3. The third kappa shape index (κ3) is 5.78. The van der Waals surface area contributed by atoms with Gasteiger partial charge in [-0.15, -0.1) is 0 Å². The molecular weight excluding hydrogens is 272 g/mol. The van der Waals surface area contributed by atoms with Gasteiger partial charge in [0.15, 0.2) is 0 Å². The molecule has 0 aromatic heterocycles. The average Bonchev–Trinajstić information content (AvgIpc) is 2.54. The standard InChI is InChI=1S/C19H26N2O/c1-2-13-21(14-11-17-7-6-10-19(22)16-17)15-12-20-18-8-4-3-5-9-18/h3-10,16,20,22H,2,11-15H2,1H3. The Hall–Kier alpha value is -2.00. The number of rotatable bonds is 9. The average molecular weight is 298 g/mol. The normalized spacial score (nSPS) is 10.8. The summed E-state index contributed by atoms with van der Waals surface area (Å²) in [6.45, 7) is 6.32. The zero-order valence-corrected chi connectivity index (χ0v) is 13.3. The number of phenols is 1. The van der Waals surface area contributed by atoms with Crippen molar-refractivity contribution >= 4 is 5.69 Å². The van der Waals surface area contributed by atoms with Gasteiger partial charge in [0.25, 0.3) is 0 Å². The smallest absolute Gasteiger partial charge is 0.115 e. The van der Waals surface area contributed by atoms with Crippen molar-refractivity contribution in [3.8, 4) is 5.75 Å². The van der Waals surface area contributed by atoms with E-state index in [0.29, 0.717) is 5.75 Å². The van der Waals surface area contributed by atoms with Crippen molar-refractivity contribution in [2.75, 3.05) is 31.5 Å². The quantitative estimate of drug-likeness (QED) is 0.740. The van der Waals surface area contributed by atoms with E-state index in [0.717, 1.165) is 39.0 Å². The van der Waals surface area contributed by atoms with Gasteiger partial charge in [-0.2, -0.15) is 0 Å². The van der Waals surface area contributed by atoms with Gasteiger partial charge in [-0.3, -0.25) is 0 Å². The van der Waals surface area contributed by atoms with Crippen LogP contribution in [0.15, 0.2) is 54.6 Å². The molecule has 2 rings (SSSR count). The number of para-hydroxylation sites is 1. The van der Waals surface area contributed by atoms with E-state index >= 15 is 0 Å². The van der Waals surface area contributed by atoms with E-state index in [-0.39, 0.29) is 0 Å². The molecule has 0 aliphatic heterocycles. The summed E-state index contributed by atoms with van der Waals surface area (Å²) in [7, 11) is 0. The van der Waals surface area contributed by atoms with Gasteiger partial charge in [-0.1, -0.05) is 37.3 Å². The van der Waals surface area contributed by atoms with Gasteiger partial charge in [0, 0.05) is 25.3 Å². The molecule has 0 aliphatic rings. The first-order valence-electron chi connectivity index (χ1n) is 8.07. The van der Waals surface area contributed by atoms with Crippen molar-refractivity contribution in [1.29, 1.82) is 0 Å². The summed E-state index contributed by atoms with van der Waals surface area (Å²) in [5.74, 6) is 0.352. The minimum atomic E-state index is 0.352. The Bertz CT molecular complexity index is 542. The fourth-order valence-corrected chi connectivity index (χ4v) is 2.57. The third-order valence-electron chi connectivity index (χ3n) is 3.70. The molecule has 0 atom stereocenters. The summed E-state index contributed by atoms with van der Waals surface area (Å²) in [6, 6.07) is 17.9. The number of anilines is 1. The van der Waals surface area contributed by atoms with Crippen molar-refractivity contribution in [2.24, 2.45) is 0 Å². The summed E-state index contributed by atoms with van der Waals surface area (Å²) in [4.78, 5) is 2.47. The molecular formula is C19H26N2O. The lowest BCUT2D eigenvalue weighted by Crippen LogP contribution is -2.31. The summed E-state index contributed by atoms with van der Waals surface area (Å²) in [5, 5.41) is 13.0. The topological polar surface area (TPSA) is 35.5 Å². The molecule has 2 aromatic carbocycles. The highest BCUT2D eigenvalue weighted by atomic mass is 16.3. The van der Waals surface area contributed by atoms with E-state index in [1.165, 1.54) is 11.3 Å². The molecule has 118 valence electrons. The minimum absolute atomic E-state index is 0.352. The molecule has 3 heteroatoms. The van der Waals surface area contributed by atoms with E-state index < -0.39 is 0 Å². The number of hydrogen-bond acceptors (Lipinski definition) is 3. The number of nitrogens with one attached hydrogen (secondary N) is 1. The van der Waals surface area contributed by atoms with Crippen molar-refractivity contribution < 1.29 is 5.11 Å². The second-order valence-corrected chi connectivity index (χ2v) is 5.55. The van der Waals surface area contributed by atoms with Gasteiger partial charge in [0.05, 0.1) is 0 Å². The fourth-order valence-electron chi connectivity index (χ4n) is 2.57. The van der Waals surface area contributed by atoms with Crippen LogP contribution in [0.3, 0.4) is 0 Å². The van der Waals surface area contributed by atoms with E-state index in [9.17, 15) is 5.11 Å². The molecule has 2 N–H and O–H groups in total. The van der Waals surface area contributed by atoms with Gasteiger partial charge in [0.2, 0.25) is 0 Å². The van der Waals surface area contributed by atoms with E-state index in [1.807, 2.05) is 30.3 Å². The first-order chi connectivity index (χ1) is 10.8. The molecule has 0 unspecified atom stereocenters. The highest BCUT2D eigenvalue weighted by Crippen LogP contribution is 2.12. The lowest BCUT2D eigenvalue weighted by molar-refractivity contribution is 0.288. The first kappa shape index (κ1) is 16.4. The van der Waals surface area contributed by atoms with Gasteiger partial charge in [0.1, 0.15) is 5.75 Å². The van der Waals surface area contributed by atoms with Gasteiger partial charge in [-0.05, 0) is 49.2 Å². The lowest BCUT2D eigenvalue weighted by atomic mass is 10.1. The van der Waals surface area contributed by atoms with Gasteiger partial charge >= 0.3 is 0 Å². The molecule has 0 bridgehead atoms. The predicted octanol–water partition coefficient (Wildman–Crippen LogP) is 3.76. The molecule has 0 spiro atoms. The maximum Gasteiger partial charge on any atom is 0.115 e.